The number of rotatable bonds is 8. The second-order valence-corrected chi connectivity index (χ2v) is 11.3. The minimum atomic E-state index is -3.83. The highest BCUT2D eigenvalue weighted by Gasteiger charge is 2.28. The number of anilines is 1. The maximum absolute atomic E-state index is 12.7. The normalized spacial score (nSPS) is 17.7. The molecule has 1 saturated carbocycles. The molecule has 4 rings (SSSR count). The molecule has 2 fully saturated rings. The molecule has 2 N–H and O–H groups in total. The zero-order valence-electron chi connectivity index (χ0n) is 17.0. The monoisotopic (exact) mass is 463 g/mol. The van der Waals surface area contributed by atoms with E-state index in [1.54, 1.807) is 17.0 Å². The second-order valence-electron chi connectivity index (χ2n) is 7.86. The smallest absolute Gasteiger partial charge is 0.240 e. The van der Waals surface area contributed by atoms with Crippen LogP contribution in [-0.2, 0) is 31.4 Å². The number of hydrogen-bond acceptors (Lipinski definition) is 5. The fraction of sp³-hybridized carbons (Fsp3) is 0.381. The predicted molar refractivity (Wildman–Crippen MR) is 116 cm³/mol. The standard InChI is InChI=1S/C21H25N3O5S2/c25-21-6-1-2-13-24(21)18-5-3-4-16(14-18)15-22-30(26,27)19-9-11-20(12-10-19)31(28,29)23-17-7-8-17/h3-5,9-12,14,17,22-23H,1-2,6-8,13,15H2. The molecule has 0 aromatic heterocycles. The Hall–Kier alpha value is -2.27. The Kier molecular flexibility index (Phi) is 6.16. The van der Waals surface area contributed by atoms with Crippen molar-refractivity contribution in [3.63, 3.8) is 0 Å². The first-order valence-electron chi connectivity index (χ1n) is 10.3. The highest BCUT2D eigenvalue weighted by Crippen LogP contribution is 2.24. The summed E-state index contributed by atoms with van der Waals surface area (Å²) in [6.07, 6.45) is 4.01. The van der Waals surface area contributed by atoms with Crippen molar-refractivity contribution in [2.45, 2.75) is 54.5 Å². The van der Waals surface area contributed by atoms with E-state index < -0.39 is 20.0 Å². The van der Waals surface area contributed by atoms with Crippen molar-refractivity contribution in [1.82, 2.24) is 9.44 Å². The van der Waals surface area contributed by atoms with E-state index in [4.69, 9.17) is 0 Å². The van der Waals surface area contributed by atoms with E-state index in [2.05, 4.69) is 9.44 Å². The van der Waals surface area contributed by atoms with Crippen LogP contribution in [0.3, 0.4) is 0 Å². The zero-order chi connectivity index (χ0) is 22.1. The van der Waals surface area contributed by atoms with Gasteiger partial charge in [0.05, 0.1) is 9.79 Å². The van der Waals surface area contributed by atoms with E-state index in [0.29, 0.717) is 13.0 Å². The zero-order valence-corrected chi connectivity index (χ0v) is 18.6. The van der Waals surface area contributed by atoms with Gasteiger partial charge in [-0.15, -0.1) is 0 Å². The van der Waals surface area contributed by atoms with Crippen LogP contribution >= 0.6 is 0 Å². The number of carbonyl (C=O) groups excluding carboxylic acids is 1. The van der Waals surface area contributed by atoms with Crippen LogP contribution in [0, 0.1) is 0 Å². The lowest BCUT2D eigenvalue weighted by Gasteiger charge is -2.27. The van der Waals surface area contributed by atoms with Crippen LogP contribution in [-0.4, -0.2) is 35.3 Å². The van der Waals surface area contributed by atoms with Crippen molar-refractivity contribution in [2.24, 2.45) is 0 Å². The molecule has 1 aliphatic carbocycles. The van der Waals surface area contributed by atoms with E-state index in [1.165, 1.54) is 24.3 Å². The van der Waals surface area contributed by atoms with Crippen molar-refractivity contribution < 1.29 is 21.6 Å². The van der Waals surface area contributed by atoms with Gasteiger partial charge in [-0.1, -0.05) is 12.1 Å². The van der Waals surface area contributed by atoms with Crippen molar-refractivity contribution in [3.8, 4) is 0 Å². The molecule has 2 aromatic rings. The van der Waals surface area contributed by atoms with Gasteiger partial charge in [0.15, 0.2) is 0 Å². The molecule has 0 bridgehead atoms. The molecule has 166 valence electrons. The summed E-state index contributed by atoms with van der Waals surface area (Å²) in [7, 11) is -7.46. The molecule has 31 heavy (non-hydrogen) atoms. The number of amides is 1. The van der Waals surface area contributed by atoms with Crippen LogP contribution < -0.4 is 14.3 Å². The van der Waals surface area contributed by atoms with Gasteiger partial charge in [0.25, 0.3) is 0 Å². The van der Waals surface area contributed by atoms with E-state index in [-0.39, 0.29) is 28.3 Å². The lowest BCUT2D eigenvalue weighted by atomic mass is 10.1. The minimum absolute atomic E-state index is 0.0137. The SMILES string of the molecule is O=C1CCCCN1c1cccc(CNS(=O)(=O)c2ccc(S(=O)(=O)NC3CC3)cc2)c1. The number of sulfonamides is 2. The van der Waals surface area contributed by atoms with Gasteiger partial charge >= 0.3 is 0 Å². The van der Waals surface area contributed by atoms with Gasteiger partial charge in [-0.05, 0) is 67.6 Å². The summed E-state index contributed by atoms with van der Waals surface area (Å²) in [5.41, 5.74) is 1.49. The van der Waals surface area contributed by atoms with Crippen molar-refractivity contribution in [3.05, 3.63) is 54.1 Å². The number of benzene rings is 2. The van der Waals surface area contributed by atoms with E-state index in [1.807, 2.05) is 12.1 Å². The molecule has 2 aliphatic rings. The molecular formula is C21H25N3O5S2. The van der Waals surface area contributed by atoms with Gasteiger partial charge in [-0.3, -0.25) is 4.79 Å². The first kappa shape index (κ1) is 21.9. The first-order chi connectivity index (χ1) is 14.7. The third kappa shape index (κ3) is 5.32. The Bertz CT molecular complexity index is 1170. The average molecular weight is 464 g/mol. The van der Waals surface area contributed by atoms with Crippen molar-refractivity contribution in [2.75, 3.05) is 11.4 Å². The molecule has 0 spiro atoms. The molecular weight excluding hydrogens is 438 g/mol. The third-order valence-electron chi connectivity index (χ3n) is 5.36. The summed E-state index contributed by atoms with van der Waals surface area (Å²) >= 11 is 0. The van der Waals surface area contributed by atoms with Crippen LogP contribution in [0.2, 0.25) is 0 Å². The minimum Gasteiger partial charge on any atom is -0.312 e. The second kappa shape index (κ2) is 8.70. The lowest BCUT2D eigenvalue weighted by molar-refractivity contribution is -0.119. The molecule has 0 atom stereocenters. The summed E-state index contributed by atoms with van der Waals surface area (Å²) < 4.78 is 54.9. The highest BCUT2D eigenvalue weighted by atomic mass is 32.2. The molecule has 10 heteroatoms. The van der Waals surface area contributed by atoms with Crippen LogP contribution in [0.5, 0.6) is 0 Å². The summed E-state index contributed by atoms with van der Waals surface area (Å²) in [6, 6.07) is 12.4. The molecule has 1 amide bonds. The van der Waals surface area contributed by atoms with Gasteiger partial charge in [0, 0.05) is 31.2 Å². The summed E-state index contributed by atoms with van der Waals surface area (Å²) in [5.74, 6) is 0.0789. The lowest BCUT2D eigenvalue weighted by Crippen LogP contribution is -2.35. The van der Waals surface area contributed by atoms with Crippen LogP contribution in [0.15, 0.2) is 58.3 Å². The Morgan fingerprint density at radius 2 is 1.58 bits per heavy atom. The largest absolute Gasteiger partial charge is 0.312 e. The van der Waals surface area contributed by atoms with Gasteiger partial charge in [-0.2, -0.15) is 0 Å². The maximum atomic E-state index is 12.7. The first-order valence-corrected chi connectivity index (χ1v) is 13.2. The topological polar surface area (TPSA) is 113 Å². The molecule has 1 heterocycles. The highest BCUT2D eigenvalue weighted by molar-refractivity contribution is 7.90. The molecule has 1 saturated heterocycles. The Labute approximate surface area is 182 Å². The van der Waals surface area contributed by atoms with E-state index in [9.17, 15) is 21.6 Å². The van der Waals surface area contributed by atoms with Gasteiger partial charge in [0.2, 0.25) is 26.0 Å². The van der Waals surface area contributed by atoms with Crippen LogP contribution in [0.1, 0.15) is 37.7 Å². The fourth-order valence-corrected chi connectivity index (χ4v) is 5.78. The number of hydrogen-bond donors (Lipinski definition) is 2. The Balaban J connectivity index is 1.43. The quantitative estimate of drug-likeness (QED) is 0.623. The predicted octanol–water partition coefficient (Wildman–Crippen LogP) is 2.12. The van der Waals surface area contributed by atoms with Crippen LogP contribution in [0.25, 0.3) is 0 Å². The third-order valence-corrected chi connectivity index (χ3v) is 8.31. The Morgan fingerprint density at radius 3 is 2.23 bits per heavy atom. The number of piperidine rings is 1. The van der Waals surface area contributed by atoms with E-state index >= 15 is 0 Å². The summed E-state index contributed by atoms with van der Waals surface area (Å²) in [4.78, 5) is 13.9. The van der Waals surface area contributed by atoms with Crippen molar-refractivity contribution >= 4 is 31.6 Å². The van der Waals surface area contributed by atoms with Crippen LogP contribution in [0.4, 0.5) is 5.69 Å². The van der Waals surface area contributed by atoms with Gasteiger partial charge < -0.3 is 4.90 Å². The van der Waals surface area contributed by atoms with Gasteiger partial charge in [-0.25, -0.2) is 26.3 Å². The number of nitrogens with one attached hydrogen (secondary N) is 2. The average Bonchev–Trinajstić information content (AvgIpc) is 3.56. The Morgan fingerprint density at radius 1 is 0.903 bits per heavy atom. The van der Waals surface area contributed by atoms with E-state index in [0.717, 1.165) is 36.9 Å². The summed E-state index contributed by atoms with van der Waals surface area (Å²) in [5, 5.41) is 0. The molecule has 8 nitrogen and oxygen atoms in total. The number of carbonyl (C=O) groups is 1. The molecule has 0 unspecified atom stereocenters. The summed E-state index contributed by atoms with van der Waals surface area (Å²) in [6.45, 7) is 0.723. The molecule has 1 aliphatic heterocycles. The van der Waals surface area contributed by atoms with Crippen molar-refractivity contribution in [1.29, 1.82) is 0 Å². The molecule has 0 radical (unpaired) electrons. The maximum Gasteiger partial charge on any atom is 0.240 e. The number of nitrogens with zero attached hydrogens (tertiary/aromatic N) is 1. The van der Waals surface area contributed by atoms with Gasteiger partial charge in [0.1, 0.15) is 0 Å². The molecule has 2 aromatic carbocycles. The fourth-order valence-electron chi connectivity index (χ4n) is 3.46.